The van der Waals surface area contributed by atoms with Crippen molar-refractivity contribution in [1.82, 2.24) is 19.6 Å². The number of anilines is 1. The van der Waals surface area contributed by atoms with Gasteiger partial charge in [0.05, 0.1) is 18.3 Å². The normalized spacial score (nSPS) is 16.0. The Kier molecular flexibility index (Phi) is 5.97. The second kappa shape index (κ2) is 8.81. The maximum absolute atomic E-state index is 9.65. The molecule has 1 atom stereocenters. The molecule has 0 bridgehead atoms. The Bertz CT molecular complexity index is 1130. The summed E-state index contributed by atoms with van der Waals surface area (Å²) in [6.45, 7) is 1.12. The molecule has 1 unspecified atom stereocenters. The van der Waals surface area contributed by atoms with Crippen molar-refractivity contribution < 1.29 is 5.11 Å². The molecule has 1 aliphatic heterocycles. The minimum atomic E-state index is 0. The molecule has 1 aromatic carbocycles. The van der Waals surface area contributed by atoms with E-state index in [1.807, 2.05) is 41.0 Å². The number of fused-ring (bicyclic) bond motifs is 1. The van der Waals surface area contributed by atoms with Gasteiger partial charge < -0.3 is 10.0 Å². The number of rotatable bonds is 5. The van der Waals surface area contributed by atoms with Crippen molar-refractivity contribution in [2.45, 2.75) is 25.3 Å². The third kappa shape index (κ3) is 3.88. The van der Waals surface area contributed by atoms with Crippen LogP contribution in [0.4, 0.5) is 5.82 Å². The van der Waals surface area contributed by atoms with E-state index in [-0.39, 0.29) is 25.1 Å². The molecule has 1 aliphatic rings. The first kappa shape index (κ1) is 20.3. The van der Waals surface area contributed by atoms with Gasteiger partial charge in [-0.3, -0.25) is 0 Å². The summed E-state index contributed by atoms with van der Waals surface area (Å²) >= 11 is 0. The second-order valence-electron chi connectivity index (χ2n) is 7.45. The van der Waals surface area contributed by atoms with Crippen molar-refractivity contribution in [3.8, 4) is 11.3 Å². The highest BCUT2D eigenvalue weighted by Crippen LogP contribution is 2.25. The molecule has 0 saturated carbocycles. The first-order valence-electron chi connectivity index (χ1n) is 10.0. The zero-order valence-electron chi connectivity index (χ0n) is 16.6. The number of nitrogens with zero attached hydrogens (tertiary/aromatic N) is 5. The molecule has 0 aliphatic carbocycles. The molecule has 1 saturated heterocycles. The molecule has 1 N–H and O–H groups in total. The number of aliphatic hydroxyl groups is 1. The van der Waals surface area contributed by atoms with Gasteiger partial charge in [-0.15, -0.1) is 12.4 Å². The number of benzene rings is 1. The standard InChI is InChI=1S/C23H23N5O.ClH/c29-16-20-9-5-12-27(20)22-10-4-8-19(25-22)14-18-15-21(17-6-2-1-3-7-17)26-28-13-11-24-23(18)28;/h1-4,6-8,10-11,13,15,20,29H,5,9,12,14,16H2;1H. The van der Waals surface area contributed by atoms with E-state index in [2.05, 4.69) is 34.1 Å². The number of halogens is 1. The van der Waals surface area contributed by atoms with Gasteiger partial charge in [-0.25, -0.2) is 14.5 Å². The van der Waals surface area contributed by atoms with Crippen LogP contribution in [0.2, 0.25) is 0 Å². The Morgan fingerprint density at radius 3 is 2.77 bits per heavy atom. The number of hydrogen-bond acceptors (Lipinski definition) is 5. The van der Waals surface area contributed by atoms with Crippen LogP contribution in [0.25, 0.3) is 16.9 Å². The van der Waals surface area contributed by atoms with Gasteiger partial charge in [-0.05, 0) is 31.0 Å². The summed E-state index contributed by atoms with van der Waals surface area (Å²) in [6.07, 6.45) is 6.44. The van der Waals surface area contributed by atoms with E-state index in [1.54, 1.807) is 6.20 Å². The zero-order valence-corrected chi connectivity index (χ0v) is 17.4. The molecule has 0 radical (unpaired) electrons. The summed E-state index contributed by atoms with van der Waals surface area (Å²) < 4.78 is 1.84. The number of aliphatic hydroxyl groups excluding tert-OH is 1. The Labute approximate surface area is 181 Å². The monoisotopic (exact) mass is 421 g/mol. The first-order chi connectivity index (χ1) is 14.3. The molecule has 154 valence electrons. The van der Waals surface area contributed by atoms with Crippen LogP contribution < -0.4 is 4.90 Å². The van der Waals surface area contributed by atoms with E-state index >= 15 is 0 Å². The Morgan fingerprint density at radius 2 is 1.93 bits per heavy atom. The smallest absolute Gasteiger partial charge is 0.157 e. The SMILES string of the molecule is Cl.OCC1CCCN1c1cccc(Cc2cc(-c3ccccc3)nn3ccnc23)n1. The van der Waals surface area contributed by atoms with E-state index in [9.17, 15) is 5.11 Å². The molecule has 3 aromatic heterocycles. The highest BCUT2D eigenvalue weighted by atomic mass is 35.5. The fourth-order valence-corrected chi connectivity index (χ4v) is 4.11. The van der Waals surface area contributed by atoms with Crippen LogP contribution in [0.3, 0.4) is 0 Å². The first-order valence-corrected chi connectivity index (χ1v) is 10.0. The van der Waals surface area contributed by atoms with Gasteiger partial charge in [0.1, 0.15) is 5.82 Å². The van der Waals surface area contributed by atoms with Crippen molar-refractivity contribution in [2.75, 3.05) is 18.1 Å². The molecular formula is C23H24ClN5O. The van der Waals surface area contributed by atoms with Gasteiger partial charge in [-0.2, -0.15) is 5.10 Å². The Morgan fingerprint density at radius 1 is 1.07 bits per heavy atom. The number of aromatic nitrogens is 4. The average Bonchev–Trinajstić information content (AvgIpc) is 3.44. The largest absolute Gasteiger partial charge is 0.394 e. The molecule has 4 heterocycles. The number of imidazole rings is 1. The average molecular weight is 422 g/mol. The fraction of sp³-hybridized carbons (Fsp3) is 0.261. The van der Waals surface area contributed by atoms with Crippen molar-refractivity contribution in [3.05, 3.63) is 78.2 Å². The predicted molar refractivity (Wildman–Crippen MR) is 120 cm³/mol. The number of hydrogen-bond donors (Lipinski definition) is 1. The van der Waals surface area contributed by atoms with Gasteiger partial charge in [0.2, 0.25) is 0 Å². The van der Waals surface area contributed by atoms with Gasteiger partial charge >= 0.3 is 0 Å². The maximum Gasteiger partial charge on any atom is 0.157 e. The van der Waals surface area contributed by atoms with Gasteiger partial charge in [0.25, 0.3) is 0 Å². The fourth-order valence-electron chi connectivity index (χ4n) is 4.11. The minimum absolute atomic E-state index is 0. The van der Waals surface area contributed by atoms with Gasteiger partial charge in [0.15, 0.2) is 5.65 Å². The highest BCUT2D eigenvalue weighted by Gasteiger charge is 2.25. The topological polar surface area (TPSA) is 66.5 Å². The number of pyridine rings is 1. The van der Waals surface area contributed by atoms with Crippen LogP contribution in [-0.4, -0.2) is 43.9 Å². The summed E-state index contributed by atoms with van der Waals surface area (Å²) in [6, 6.07) is 18.6. The van der Waals surface area contributed by atoms with Crippen molar-refractivity contribution in [2.24, 2.45) is 0 Å². The maximum atomic E-state index is 9.65. The quantitative estimate of drug-likeness (QED) is 0.531. The third-order valence-electron chi connectivity index (χ3n) is 5.55. The van der Waals surface area contributed by atoms with E-state index < -0.39 is 0 Å². The molecule has 0 amide bonds. The lowest BCUT2D eigenvalue weighted by Gasteiger charge is -2.24. The van der Waals surface area contributed by atoms with Crippen molar-refractivity contribution >= 4 is 23.9 Å². The predicted octanol–water partition coefficient (Wildman–Crippen LogP) is 3.77. The molecule has 30 heavy (non-hydrogen) atoms. The van der Waals surface area contributed by atoms with Gasteiger partial charge in [-0.1, -0.05) is 36.4 Å². The highest BCUT2D eigenvalue weighted by molar-refractivity contribution is 5.85. The van der Waals surface area contributed by atoms with Crippen LogP contribution in [0.15, 0.2) is 67.0 Å². The minimum Gasteiger partial charge on any atom is -0.394 e. The zero-order chi connectivity index (χ0) is 19.6. The lowest BCUT2D eigenvalue weighted by atomic mass is 10.1. The summed E-state index contributed by atoms with van der Waals surface area (Å²) in [5, 5.41) is 14.4. The van der Waals surface area contributed by atoms with Crippen LogP contribution >= 0.6 is 12.4 Å². The lowest BCUT2D eigenvalue weighted by molar-refractivity contribution is 0.266. The molecule has 4 aromatic rings. The molecule has 7 heteroatoms. The van der Waals surface area contributed by atoms with Gasteiger partial charge in [0, 0.05) is 42.2 Å². The van der Waals surface area contributed by atoms with E-state index in [4.69, 9.17) is 10.1 Å². The molecule has 6 nitrogen and oxygen atoms in total. The summed E-state index contributed by atoms with van der Waals surface area (Å²) in [7, 11) is 0. The van der Waals surface area contributed by atoms with Crippen LogP contribution in [-0.2, 0) is 6.42 Å². The van der Waals surface area contributed by atoms with Crippen molar-refractivity contribution in [1.29, 1.82) is 0 Å². The Hall–Kier alpha value is -2.96. The van der Waals surface area contributed by atoms with Crippen LogP contribution in [0.1, 0.15) is 24.1 Å². The molecular weight excluding hydrogens is 398 g/mol. The van der Waals surface area contributed by atoms with Crippen molar-refractivity contribution in [3.63, 3.8) is 0 Å². The molecule has 0 spiro atoms. The van der Waals surface area contributed by atoms with E-state index in [0.717, 1.165) is 53.4 Å². The molecule has 1 fully saturated rings. The summed E-state index contributed by atoms with van der Waals surface area (Å²) in [5.74, 6) is 0.941. The Balaban J connectivity index is 0.00000218. The second-order valence-corrected chi connectivity index (χ2v) is 7.45. The van der Waals surface area contributed by atoms with Crippen LogP contribution in [0.5, 0.6) is 0 Å². The molecule has 5 rings (SSSR count). The van der Waals surface area contributed by atoms with Crippen LogP contribution in [0, 0.1) is 0 Å². The summed E-state index contributed by atoms with van der Waals surface area (Å²) in [5.41, 5.74) is 4.93. The lowest BCUT2D eigenvalue weighted by Crippen LogP contribution is -2.32. The van der Waals surface area contributed by atoms with E-state index in [0.29, 0.717) is 6.42 Å². The van der Waals surface area contributed by atoms with E-state index in [1.165, 1.54) is 0 Å². The third-order valence-corrected chi connectivity index (χ3v) is 5.55. The summed E-state index contributed by atoms with van der Waals surface area (Å²) in [4.78, 5) is 11.6.